The van der Waals surface area contributed by atoms with E-state index in [1.807, 2.05) is 25.4 Å². The first-order valence-corrected chi connectivity index (χ1v) is 8.24. The van der Waals surface area contributed by atoms with E-state index < -0.39 is 0 Å². The molecule has 3 rings (SSSR count). The predicted molar refractivity (Wildman–Crippen MR) is 91.2 cm³/mol. The van der Waals surface area contributed by atoms with Crippen LogP contribution in [0.4, 0.5) is 4.79 Å². The third-order valence-electron chi connectivity index (χ3n) is 4.68. The maximum Gasteiger partial charge on any atom is 0.315 e. The average molecular weight is 328 g/mol. The lowest BCUT2D eigenvalue weighted by molar-refractivity contribution is 0.233. The molecule has 0 spiro atoms. The van der Waals surface area contributed by atoms with Crippen molar-refractivity contribution in [3.05, 3.63) is 48.0 Å². The number of carbonyl (C=O) groups is 1. The van der Waals surface area contributed by atoms with Crippen molar-refractivity contribution in [2.24, 2.45) is 13.0 Å². The Hall–Kier alpha value is -2.41. The van der Waals surface area contributed by atoms with Crippen molar-refractivity contribution in [3.8, 4) is 0 Å². The van der Waals surface area contributed by atoms with Gasteiger partial charge in [-0.05, 0) is 43.6 Å². The third-order valence-corrected chi connectivity index (χ3v) is 4.68. The predicted octanol–water partition coefficient (Wildman–Crippen LogP) is 1.31. The highest BCUT2D eigenvalue weighted by Crippen LogP contribution is 2.35. The Bertz CT molecular complexity index is 671. The van der Waals surface area contributed by atoms with Gasteiger partial charge in [-0.15, -0.1) is 0 Å². The molecule has 0 aromatic carbocycles. The fourth-order valence-corrected chi connectivity index (χ4v) is 3.35. The van der Waals surface area contributed by atoms with Crippen molar-refractivity contribution in [2.75, 3.05) is 20.1 Å². The van der Waals surface area contributed by atoms with Gasteiger partial charge in [-0.2, -0.15) is 5.10 Å². The van der Waals surface area contributed by atoms with Crippen LogP contribution in [0.25, 0.3) is 0 Å². The maximum atomic E-state index is 12.1. The quantitative estimate of drug-likeness (QED) is 0.868. The highest BCUT2D eigenvalue weighted by atomic mass is 16.2. The molecule has 3 heterocycles. The van der Waals surface area contributed by atoms with E-state index in [9.17, 15) is 4.79 Å². The number of pyridine rings is 1. The van der Waals surface area contributed by atoms with Gasteiger partial charge in [0.15, 0.2) is 0 Å². The van der Waals surface area contributed by atoms with E-state index in [4.69, 9.17) is 0 Å². The second kappa shape index (κ2) is 7.44. The van der Waals surface area contributed by atoms with E-state index in [1.165, 1.54) is 5.56 Å². The lowest BCUT2D eigenvalue weighted by Crippen LogP contribution is -2.39. The van der Waals surface area contributed by atoms with Crippen LogP contribution in [-0.4, -0.2) is 45.8 Å². The van der Waals surface area contributed by atoms with E-state index in [0.717, 1.165) is 18.7 Å². The van der Waals surface area contributed by atoms with Crippen LogP contribution in [0.3, 0.4) is 0 Å². The molecule has 1 saturated heterocycles. The van der Waals surface area contributed by atoms with E-state index in [-0.39, 0.29) is 6.03 Å². The fraction of sp³-hybridized carbons (Fsp3) is 0.471. The number of carbonyl (C=O) groups excluding carboxylic acids is 1. The van der Waals surface area contributed by atoms with Gasteiger partial charge in [0, 0.05) is 38.2 Å². The van der Waals surface area contributed by atoms with Crippen LogP contribution in [0.5, 0.6) is 0 Å². The Kier molecular flexibility index (Phi) is 5.10. The summed E-state index contributed by atoms with van der Waals surface area (Å²) in [5, 5.41) is 9.97. The second-order valence-electron chi connectivity index (χ2n) is 6.27. The summed E-state index contributed by atoms with van der Waals surface area (Å²) in [5.74, 6) is 0.390. The van der Waals surface area contributed by atoms with Crippen LogP contribution in [0, 0.1) is 5.92 Å². The minimum absolute atomic E-state index is 0.143. The molecule has 128 valence electrons. The van der Waals surface area contributed by atoms with Gasteiger partial charge in [-0.25, -0.2) is 4.79 Å². The number of amides is 2. The molecular weight excluding hydrogens is 304 g/mol. The number of nitrogens with one attached hydrogen (secondary N) is 2. The molecule has 0 saturated carbocycles. The molecule has 2 atom stereocenters. The summed E-state index contributed by atoms with van der Waals surface area (Å²) in [6.45, 7) is 2.16. The smallest absolute Gasteiger partial charge is 0.315 e. The van der Waals surface area contributed by atoms with E-state index in [2.05, 4.69) is 38.7 Å². The zero-order valence-corrected chi connectivity index (χ0v) is 14.1. The topological polar surface area (TPSA) is 75.1 Å². The number of hydrogen-bond acceptors (Lipinski definition) is 4. The number of urea groups is 1. The van der Waals surface area contributed by atoms with Gasteiger partial charge in [0.05, 0.1) is 12.2 Å². The van der Waals surface area contributed by atoms with Gasteiger partial charge < -0.3 is 10.6 Å². The number of aryl methyl sites for hydroxylation is 1. The van der Waals surface area contributed by atoms with Crippen LogP contribution in [0.1, 0.15) is 23.7 Å². The van der Waals surface area contributed by atoms with Crippen LogP contribution in [-0.2, 0) is 13.6 Å². The molecule has 24 heavy (non-hydrogen) atoms. The van der Waals surface area contributed by atoms with E-state index in [1.54, 1.807) is 17.1 Å². The van der Waals surface area contributed by atoms with E-state index in [0.29, 0.717) is 25.0 Å². The van der Waals surface area contributed by atoms with Crippen molar-refractivity contribution in [3.63, 3.8) is 0 Å². The standard InChI is InChI=1S/C17H24N6O/c1-22-9-6-14(16(22)13-4-3-7-18-10-13)11-19-17(24)20-12-15-5-8-21-23(15)2/h3-5,7-8,10,14,16H,6,9,11-12H2,1-2H3,(H2,19,20,24)/t14-,16-/m0/s1. The number of nitrogens with zero attached hydrogens (tertiary/aromatic N) is 4. The largest absolute Gasteiger partial charge is 0.338 e. The van der Waals surface area contributed by atoms with Crippen molar-refractivity contribution < 1.29 is 4.79 Å². The highest BCUT2D eigenvalue weighted by molar-refractivity contribution is 5.73. The summed E-state index contributed by atoms with van der Waals surface area (Å²) in [6.07, 6.45) is 6.50. The van der Waals surface area contributed by atoms with Crippen LogP contribution < -0.4 is 10.6 Å². The first-order chi connectivity index (χ1) is 11.6. The van der Waals surface area contributed by atoms with Crippen LogP contribution >= 0.6 is 0 Å². The summed E-state index contributed by atoms with van der Waals surface area (Å²) in [4.78, 5) is 18.6. The minimum Gasteiger partial charge on any atom is -0.338 e. The Labute approximate surface area is 142 Å². The number of aromatic nitrogens is 3. The first-order valence-electron chi connectivity index (χ1n) is 8.24. The number of hydrogen-bond donors (Lipinski definition) is 2. The van der Waals surface area contributed by atoms with Crippen molar-refractivity contribution >= 4 is 6.03 Å². The summed E-state index contributed by atoms with van der Waals surface area (Å²) < 4.78 is 1.75. The first kappa shape index (κ1) is 16.4. The normalized spacial score (nSPS) is 20.9. The van der Waals surface area contributed by atoms with Crippen LogP contribution in [0.15, 0.2) is 36.8 Å². The van der Waals surface area contributed by atoms with Crippen LogP contribution in [0.2, 0.25) is 0 Å². The van der Waals surface area contributed by atoms with Gasteiger partial charge in [-0.3, -0.25) is 14.6 Å². The molecule has 2 aromatic rings. The lowest BCUT2D eigenvalue weighted by Gasteiger charge is -2.25. The SMILES string of the molecule is CN1CC[C@@H](CNC(=O)NCc2ccnn2C)[C@@H]1c1cccnc1. The number of likely N-dealkylation sites (tertiary alicyclic amines) is 1. The fourth-order valence-electron chi connectivity index (χ4n) is 3.35. The Morgan fingerprint density at radius 1 is 1.29 bits per heavy atom. The Morgan fingerprint density at radius 3 is 2.88 bits per heavy atom. The molecule has 1 fully saturated rings. The summed E-state index contributed by atoms with van der Waals surface area (Å²) in [7, 11) is 3.99. The Morgan fingerprint density at radius 2 is 2.17 bits per heavy atom. The molecule has 2 N–H and O–H groups in total. The molecular formula is C17H24N6O. The zero-order valence-electron chi connectivity index (χ0n) is 14.1. The van der Waals surface area contributed by atoms with Crippen molar-refractivity contribution in [2.45, 2.75) is 19.0 Å². The van der Waals surface area contributed by atoms with Gasteiger partial charge >= 0.3 is 6.03 Å². The van der Waals surface area contributed by atoms with Gasteiger partial charge in [-0.1, -0.05) is 6.07 Å². The summed E-state index contributed by atoms with van der Waals surface area (Å²) >= 11 is 0. The monoisotopic (exact) mass is 328 g/mol. The van der Waals surface area contributed by atoms with Crippen molar-refractivity contribution in [1.29, 1.82) is 0 Å². The molecule has 1 aliphatic heterocycles. The molecule has 0 aliphatic carbocycles. The lowest BCUT2D eigenvalue weighted by atomic mass is 9.95. The van der Waals surface area contributed by atoms with Crippen molar-refractivity contribution in [1.82, 2.24) is 30.3 Å². The molecule has 7 heteroatoms. The number of rotatable bonds is 5. The third kappa shape index (κ3) is 3.73. The Balaban J connectivity index is 1.52. The maximum absolute atomic E-state index is 12.1. The zero-order chi connectivity index (χ0) is 16.9. The summed E-state index contributed by atoms with van der Waals surface area (Å²) in [6, 6.07) is 6.12. The molecule has 2 aromatic heterocycles. The molecule has 0 bridgehead atoms. The minimum atomic E-state index is -0.143. The molecule has 0 unspecified atom stereocenters. The van der Waals surface area contributed by atoms with Gasteiger partial charge in [0.1, 0.15) is 0 Å². The average Bonchev–Trinajstić information content (AvgIpc) is 3.17. The van der Waals surface area contributed by atoms with Gasteiger partial charge in [0.2, 0.25) is 0 Å². The molecule has 0 radical (unpaired) electrons. The molecule has 2 amide bonds. The molecule has 7 nitrogen and oxygen atoms in total. The van der Waals surface area contributed by atoms with Gasteiger partial charge in [0.25, 0.3) is 0 Å². The highest BCUT2D eigenvalue weighted by Gasteiger charge is 2.33. The second-order valence-corrected chi connectivity index (χ2v) is 6.27. The molecule has 1 aliphatic rings. The summed E-state index contributed by atoms with van der Waals surface area (Å²) in [5.41, 5.74) is 2.18. The van der Waals surface area contributed by atoms with E-state index >= 15 is 0 Å².